The molecule has 0 unspecified atom stereocenters. The van der Waals surface area contributed by atoms with E-state index < -0.39 is 11.7 Å². The first-order valence-electron chi connectivity index (χ1n) is 6.86. The van der Waals surface area contributed by atoms with Crippen molar-refractivity contribution in [2.75, 3.05) is 13.2 Å². The third-order valence-corrected chi connectivity index (χ3v) is 2.96. The largest absolute Gasteiger partial charge is 0.494 e. The lowest BCUT2D eigenvalue weighted by Crippen LogP contribution is -2.08. The van der Waals surface area contributed by atoms with Crippen LogP contribution in [0.15, 0.2) is 28.8 Å². The van der Waals surface area contributed by atoms with Crippen molar-refractivity contribution in [2.45, 2.75) is 25.9 Å². The zero-order valence-corrected chi connectivity index (χ0v) is 12.0. The van der Waals surface area contributed by atoms with E-state index in [0.717, 1.165) is 6.07 Å². The minimum Gasteiger partial charge on any atom is -0.494 e. The molecule has 1 heterocycles. The molecular weight excluding hydrogens is 299 g/mol. The fourth-order valence-corrected chi connectivity index (χ4v) is 1.96. The second kappa shape index (κ2) is 6.83. The standard InChI is InChI=1S/C15H16F3NO3/c1-2-7-21-10-3-4-12(13(8-10)15(16,17)18)14-9-11(5-6-20)22-19-14/h3-4,8-9,20H,2,5-7H2,1H3. The number of aliphatic hydroxyl groups excluding tert-OH is 1. The first-order valence-corrected chi connectivity index (χ1v) is 6.86. The van der Waals surface area contributed by atoms with Gasteiger partial charge in [-0.15, -0.1) is 0 Å². The normalized spacial score (nSPS) is 11.7. The highest BCUT2D eigenvalue weighted by Crippen LogP contribution is 2.39. The van der Waals surface area contributed by atoms with Crippen molar-refractivity contribution in [1.82, 2.24) is 5.16 Å². The molecule has 0 aliphatic carbocycles. The summed E-state index contributed by atoms with van der Waals surface area (Å²) in [7, 11) is 0. The first kappa shape index (κ1) is 16.4. The van der Waals surface area contributed by atoms with Crippen molar-refractivity contribution in [1.29, 1.82) is 0 Å². The Morgan fingerprint density at radius 2 is 2.05 bits per heavy atom. The number of benzene rings is 1. The Labute approximate surface area is 125 Å². The van der Waals surface area contributed by atoms with Crippen LogP contribution in [-0.2, 0) is 12.6 Å². The average molecular weight is 315 g/mol. The SMILES string of the molecule is CCCOc1ccc(-c2cc(CCO)on2)c(C(F)(F)F)c1. The molecule has 0 saturated carbocycles. The predicted octanol–water partition coefficient (Wildman–Crippen LogP) is 3.68. The fourth-order valence-electron chi connectivity index (χ4n) is 1.96. The maximum Gasteiger partial charge on any atom is 0.417 e. The second-order valence-electron chi connectivity index (χ2n) is 4.71. The highest BCUT2D eigenvalue weighted by molar-refractivity contribution is 5.65. The Morgan fingerprint density at radius 1 is 1.27 bits per heavy atom. The van der Waals surface area contributed by atoms with E-state index in [1.54, 1.807) is 0 Å². The zero-order valence-electron chi connectivity index (χ0n) is 12.0. The quantitative estimate of drug-likeness (QED) is 0.883. The maximum absolute atomic E-state index is 13.2. The van der Waals surface area contributed by atoms with Crippen LogP contribution in [-0.4, -0.2) is 23.5 Å². The van der Waals surface area contributed by atoms with Gasteiger partial charge in [-0.3, -0.25) is 0 Å². The smallest absolute Gasteiger partial charge is 0.417 e. The van der Waals surface area contributed by atoms with Gasteiger partial charge in [0.25, 0.3) is 0 Å². The summed E-state index contributed by atoms with van der Waals surface area (Å²) in [5, 5.41) is 12.5. The van der Waals surface area contributed by atoms with Crippen LogP contribution in [0.4, 0.5) is 13.2 Å². The third kappa shape index (κ3) is 3.79. The van der Waals surface area contributed by atoms with Crippen LogP contribution >= 0.6 is 0 Å². The van der Waals surface area contributed by atoms with Gasteiger partial charge in [0.1, 0.15) is 17.2 Å². The monoisotopic (exact) mass is 315 g/mol. The van der Waals surface area contributed by atoms with Crippen molar-refractivity contribution < 1.29 is 27.5 Å². The second-order valence-corrected chi connectivity index (χ2v) is 4.71. The molecule has 2 rings (SSSR count). The molecule has 0 atom stereocenters. The van der Waals surface area contributed by atoms with Gasteiger partial charge in [-0.2, -0.15) is 13.2 Å². The summed E-state index contributed by atoms with van der Waals surface area (Å²) >= 11 is 0. The molecule has 0 spiro atoms. The summed E-state index contributed by atoms with van der Waals surface area (Å²) in [4.78, 5) is 0. The van der Waals surface area contributed by atoms with Crippen molar-refractivity contribution in [2.24, 2.45) is 0 Å². The number of alkyl halides is 3. The van der Waals surface area contributed by atoms with Gasteiger partial charge in [-0.25, -0.2) is 0 Å². The molecule has 120 valence electrons. The van der Waals surface area contributed by atoms with Crippen molar-refractivity contribution in [3.05, 3.63) is 35.6 Å². The van der Waals surface area contributed by atoms with Crippen molar-refractivity contribution in [3.63, 3.8) is 0 Å². The van der Waals surface area contributed by atoms with Crippen LogP contribution in [0.3, 0.4) is 0 Å². The topological polar surface area (TPSA) is 55.5 Å². The van der Waals surface area contributed by atoms with Crippen molar-refractivity contribution >= 4 is 0 Å². The molecule has 1 aromatic carbocycles. The average Bonchev–Trinajstić information content (AvgIpc) is 2.93. The lowest BCUT2D eigenvalue weighted by molar-refractivity contribution is -0.137. The van der Waals surface area contributed by atoms with E-state index in [4.69, 9.17) is 14.4 Å². The Hall–Kier alpha value is -2.02. The number of hydrogen-bond acceptors (Lipinski definition) is 4. The van der Waals surface area contributed by atoms with Gasteiger partial charge in [0, 0.05) is 18.1 Å². The van der Waals surface area contributed by atoms with Crippen LogP contribution in [0.2, 0.25) is 0 Å². The lowest BCUT2D eigenvalue weighted by atomic mass is 10.0. The van der Waals surface area contributed by atoms with E-state index in [-0.39, 0.29) is 30.0 Å². The maximum atomic E-state index is 13.2. The highest BCUT2D eigenvalue weighted by atomic mass is 19.4. The van der Waals surface area contributed by atoms with Gasteiger partial charge in [0.05, 0.1) is 18.8 Å². The molecular formula is C15H16F3NO3. The number of ether oxygens (including phenoxy) is 1. The summed E-state index contributed by atoms with van der Waals surface area (Å²) in [6, 6.07) is 5.15. The molecule has 1 N–H and O–H groups in total. The molecule has 0 bridgehead atoms. The molecule has 22 heavy (non-hydrogen) atoms. The fraction of sp³-hybridized carbons (Fsp3) is 0.400. The predicted molar refractivity (Wildman–Crippen MR) is 73.5 cm³/mol. The van der Waals surface area contributed by atoms with E-state index in [9.17, 15) is 13.2 Å². The molecule has 0 fully saturated rings. The van der Waals surface area contributed by atoms with Gasteiger partial charge in [-0.1, -0.05) is 12.1 Å². The Bertz CT molecular complexity index is 623. The molecule has 0 saturated heterocycles. The molecule has 1 aromatic heterocycles. The minimum absolute atomic E-state index is 0.0794. The number of rotatable bonds is 6. The van der Waals surface area contributed by atoms with Crippen LogP contribution in [0.5, 0.6) is 5.75 Å². The Balaban J connectivity index is 2.40. The van der Waals surface area contributed by atoms with E-state index in [1.165, 1.54) is 18.2 Å². The zero-order chi connectivity index (χ0) is 16.2. The molecule has 7 heteroatoms. The van der Waals surface area contributed by atoms with Gasteiger partial charge in [-0.05, 0) is 24.6 Å². The summed E-state index contributed by atoms with van der Waals surface area (Å²) in [6.45, 7) is 2.06. The van der Waals surface area contributed by atoms with Gasteiger partial charge < -0.3 is 14.4 Å². The minimum atomic E-state index is -4.53. The van der Waals surface area contributed by atoms with Crippen LogP contribution in [0, 0.1) is 0 Å². The number of aliphatic hydroxyl groups is 1. The van der Waals surface area contributed by atoms with Gasteiger partial charge >= 0.3 is 6.18 Å². The Kier molecular flexibility index (Phi) is 5.07. The van der Waals surface area contributed by atoms with Crippen LogP contribution in [0.25, 0.3) is 11.3 Å². The number of aromatic nitrogens is 1. The lowest BCUT2D eigenvalue weighted by Gasteiger charge is -2.13. The van der Waals surface area contributed by atoms with Gasteiger partial charge in [0.2, 0.25) is 0 Å². The van der Waals surface area contributed by atoms with E-state index >= 15 is 0 Å². The number of halogens is 3. The molecule has 2 aromatic rings. The molecule has 0 radical (unpaired) electrons. The molecule has 0 aliphatic heterocycles. The van der Waals surface area contributed by atoms with E-state index in [1.807, 2.05) is 6.92 Å². The van der Waals surface area contributed by atoms with Crippen LogP contribution in [0.1, 0.15) is 24.7 Å². The summed E-state index contributed by atoms with van der Waals surface area (Å²) < 4.78 is 49.9. The molecule has 0 aliphatic rings. The Morgan fingerprint density at radius 3 is 2.68 bits per heavy atom. The number of hydrogen-bond donors (Lipinski definition) is 1. The highest BCUT2D eigenvalue weighted by Gasteiger charge is 2.35. The molecule has 4 nitrogen and oxygen atoms in total. The van der Waals surface area contributed by atoms with Gasteiger partial charge in [0.15, 0.2) is 0 Å². The van der Waals surface area contributed by atoms with E-state index in [0.29, 0.717) is 18.8 Å². The third-order valence-electron chi connectivity index (χ3n) is 2.96. The summed E-state index contributed by atoms with van der Waals surface area (Å²) in [5.41, 5.74) is -0.827. The number of nitrogens with zero attached hydrogens (tertiary/aromatic N) is 1. The van der Waals surface area contributed by atoms with Crippen LogP contribution < -0.4 is 4.74 Å². The van der Waals surface area contributed by atoms with Crippen molar-refractivity contribution in [3.8, 4) is 17.0 Å². The summed E-state index contributed by atoms with van der Waals surface area (Å²) in [5.74, 6) is 0.494. The first-order chi connectivity index (χ1) is 10.5. The summed E-state index contributed by atoms with van der Waals surface area (Å²) in [6.07, 6.45) is -3.63. The van der Waals surface area contributed by atoms with E-state index in [2.05, 4.69) is 5.16 Å². The molecule has 0 amide bonds.